The molecule has 24 heavy (non-hydrogen) atoms. The Kier molecular flexibility index (Phi) is 4.70. The van der Waals surface area contributed by atoms with Gasteiger partial charge in [-0.1, -0.05) is 43.2 Å². The maximum absolute atomic E-state index is 13.5. The number of carbonyl (C=O) groups is 2. The fraction of sp³-hybridized carbons (Fsp3) is 0.429. The summed E-state index contributed by atoms with van der Waals surface area (Å²) in [5.41, 5.74) is -0.137. The third kappa shape index (κ3) is 2.52. The van der Waals surface area contributed by atoms with Gasteiger partial charge in [-0.05, 0) is 37.8 Å². The predicted molar refractivity (Wildman–Crippen MR) is 96.7 cm³/mol. The molecule has 2 fully saturated rings. The number of allylic oxidation sites excluding steroid dienone is 2. The van der Waals surface area contributed by atoms with Crippen molar-refractivity contribution in [2.24, 2.45) is 11.3 Å². The molecule has 0 N–H and O–H groups in total. The van der Waals surface area contributed by atoms with Gasteiger partial charge in [0, 0.05) is 17.6 Å². The number of benzene rings is 1. The fourth-order valence-corrected chi connectivity index (χ4v) is 4.42. The normalized spacial score (nSPS) is 25.9. The first-order valence-electron chi connectivity index (χ1n) is 8.80. The molecule has 0 spiro atoms. The van der Waals surface area contributed by atoms with E-state index in [4.69, 9.17) is 0 Å². The fourth-order valence-electron chi connectivity index (χ4n) is 4.42. The standard InChI is InChI=1S/C21H25NO2/c1-3-14-21(15-4-2)19(23)17-12-8-9-13-18(17)22(20(21)24)16-10-6-5-7-11-16/h3-7,10-11,17-18H,1-2,8-9,12-15H2. The van der Waals surface area contributed by atoms with E-state index in [9.17, 15) is 9.59 Å². The summed E-state index contributed by atoms with van der Waals surface area (Å²) in [6, 6.07) is 9.75. The highest BCUT2D eigenvalue weighted by Crippen LogP contribution is 2.46. The van der Waals surface area contributed by atoms with Crippen molar-refractivity contribution in [1.82, 2.24) is 0 Å². The lowest BCUT2D eigenvalue weighted by Gasteiger charge is -2.50. The molecule has 1 aliphatic heterocycles. The van der Waals surface area contributed by atoms with Crippen molar-refractivity contribution in [3.63, 3.8) is 0 Å². The number of nitrogens with zero attached hydrogens (tertiary/aromatic N) is 1. The number of Topliss-reactive ketones (excluding diaryl/α,β-unsaturated/α-hetero) is 1. The smallest absolute Gasteiger partial charge is 0.241 e. The number of hydrogen-bond acceptors (Lipinski definition) is 2. The number of hydrogen-bond donors (Lipinski definition) is 0. The van der Waals surface area contributed by atoms with Crippen molar-refractivity contribution in [1.29, 1.82) is 0 Å². The van der Waals surface area contributed by atoms with Crippen LogP contribution in [-0.2, 0) is 9.59 Å². The van der Waals surface area contributed by atoms with Crippen molar-refractivity contribution < 1.29 is 9.59 Å². The molecule has 1 saturated carbocycles. The molecule has 1 amide bonds. The van der Waals surface area contributed by atoms with Crippen LogP contribution in [0, 0.1) is 11.3 Å². The van der Waals surface area contributed by atoms with Gasteiger partial charge in [-0.2, -0.15) is 0 Å². The third-order valence-corrected chi connectivity index (χ3v) is 5.52. The van der Waals surface area contributed by atoms with Gasteiger partial charge in [-0.25, -0.2) is 0 Å². The average molecular weight is 323 g/mol. The molecule has 2 aliphatic rings. The van der Waals surface area contributed by atoms with Crippen LogP contribution < -0.4 is 4.90 Å². The minimum Gasteiger partial charge on any atom is -0.308 e. The monoisotopic (exact) mass is 323 g/mol. The molecule has 1 heterocycles. The largest absolute Gasteiger partial charge is 0.308 e. The van der Waals surface area contributed by atoms with E-state index in [2.05, 4.69) is 13.2 Å². The maximum atomic E-state index is 13.5. The Labute approximate surface area is 144 Å². The van der Waals surface area contributed by atoms with E-state index in [1.54, 1.807) is 12.2 Å². The quantitative estimate of drug-likeness (QED) is 0.598. The Morgan fingerprint density at radius 2 is 1.67 bits per heavy atom. The lowest BCUT2D eigenvalue weighted by atomic mass is 9.63. The van der Waals surface area contributed by atoms with Crippen molar-refractivity contribution >= 4 is 17.4 Å². The zero-order valence-electron chi connectivity index (χ0n) is 14.1. The van der Waals surface area contributed by atoms with Gasteiger partial charge in [0.25, 0.3) is 0 Å². The average Bonchev–Trinajstić information content (AvgIpc) is 2.61. The van der Waals surface area contributed by atoms with Gasteiger partial charge in [0.15, 0.2) is 5.78 Å². The number of para-hydroxylation sites is 1. The molecule has 0 radical (unpaired) electrons. The Hall–Kier alpha value is -2.16. The van der Waals surface area contributed by atoms with Crippen LogP contribution in [0.3, 0.4) is 0 Å². The van der Waals surface area contributed by atoms with Gasteiger partial charge in [0.2, 0.25) is 5.91 Å². The van der Waals surface area contributed by atoms with E-state index in [-0.39, 0.29) is 23.7 Å². The highest BCUT2D eigenvalue weighted by molar-refractivity contribution is 6.16. The summed E-state index contributed by atoms with van der Waals surface area (Å²) in [5, 5.41) is 0. The second-order valence-corrected chi connectivity index (χ2v) is 6.90. The first kappa shape index (κ1) is 16.7. The van der Waals surface area contributed by atoms with Crippen LogP contribution in [0.25, 0.3) is 0 Å². The molecule has 3 rings (SSSR count). The highest BCUT2D eigenvalue weighted by atomic mass is 16.2. The molecule has 1 saturated heterocycles. The zero-order valence-corrected chi connectivity index (χ0v) is 14.1. The molecular weight excluding hydrogens is 298 g/mol. The van der Waals surface area contributed by atoms with Crippen LogP contribution in [-0.4, -0.2) is 17.7 Å². The van der Waals surface area contributed by atoms with Gasteiger partial charge < -0.3 is 4.90 Å². The van der Waals surface area contributed by atoms with E-state index < -0.39 is 5.41 Å². The molecule has 126 valence electrons. The van der Waals surface area contributed by atoms with E-state index in [0.29, 0.717) is 12.8 Å². The molecule has 2 atom stereocenters. The predicted octanol–water partition coefficient (Wildman–Crippen LogP) is 4.30. The summed E-state index contributed by atoms with van der Waals surface area (Å²) in [7, 11) is 0. The number of fused-ring (bicyclic) bond motifs is 1. The topological polar surface area (TPSA) is 37.4 Å². The molecule has 3 nitrogen and oxygen atoms in total. The molecule has 0 bridgehead atoms. The van der Waals surface area contributed by atoms with Crippen molar-refractivity contribution in [2.75, 3.05) is 4.90 Å². The Bertz CT molecular complexity index is 639. The molecule has 0 aromatic heterocycles. The van der Waals surface area contributed by atoms with Crippen LogP contribution in [0.15, 0.2) is 55.6 Å². The second kappa shape index (κ2) is 6.76. The van der Waals surface area contributed by atoms with Gasteiger partial charge in [-0.15, -0.1) is 13.2 Å². The highest BCUT2D eigenvalue weighted by Gasteiger charge is 2.57. The van der Waals surface area contributed by atoms with E-state index in [1.807, 2.05) is 35.2 Å². The van der Waals surface area contributed by atoms with Gasteiger partial charge in [0.1, 0.15) is 5.41 Å². The summed E-state index contributed by atoms with van der Waals surface area (Å²) >= 11 is 0. The van der Waals surface area contributed by atoms with Crippen LogP contribution >= 0.6 is 0 Å². The van der Waals surface area contributed by atoms with Crippen LogP contribution in [0.1, 0.15) is 38.5 Å². The van der Waals surface area contributed by atoms with E-state index >= 15 is 0 Å². The maximum Gasteiger partial charge on any atom is 0.241 e. The summed E-state index contributed by atoms with van der Waals surface area (Å²) in [5.74, 6) is -0.0533. The van der Waals surface area contributed by atoms with E-state index in [1.165, 1.54) is 0 Å². The molecule has 1 aromatic carbocycles. The first-order valence-corrected chi connectivity index (χ1v) is 8.80. The van der Waals surface area contributed by atoms with Crippen molar-refractivity contribution in [3.05, 3.63) is 55.6 Å². The number of piperidine rings is 1. The summed E-state index contributed by atoms with van der Waals surface area (Å²) in [4.78, 5) is 28.7. The van der Waals surface area contributed by atoms with Crippen LogP contribution in [0.5, 0.6) is 0 Å². The molecule has 1 aromatic rings. The number of ketones is 1. The SMILES string of the molecule is C=CCC1(CC=C)C(=O)C2CCCCC2N(c2ccccc2)C1=O. The second-order valence-electron chi connectivity index (χ2n) is 6.90. The van der Waals surface area contributed by atoms with Gasteiger partial charge >= 0.3 is 0 Å². The summed E-state index contributed by atoms with van der Waals surface area (Å²) in [6.07, 6.45) is 8.05. The van der Waals surface area contributed by atoms with Gasteiger partial charge in [0.05, 0.1) is 0 Å². The zero-order chi connectivity index (χ0) is 17.2. The first-order chi connectivity index (χ1) is 11.7. The Balaban J connectivity index is 2.12. The Morgan fingerprint density at radius 3 is 2.29 bits per heavy atom. The van der Waals surface area contributed by atoms with Crippen molar-refractivity contribution in [3.8, 4) is 0 Å². The molecule has 1 aliphatic carbocycles. The number of anilines is 1. The van der Waals surface area contributed by atoms with Crippen molar-refractivity contribution in [2.45, 2.75) is 44.6 Å². The Morgan fingerprint density at radius 1 is 1.04 bits per heavy atom. The lowest BCUT2D eigenvalue weighted by molar-refractivity contribution is -0.148. The minimum absolute atomic E-state index is 0.0103. The molecule has 2 unspecified atom stereocenters. The van der Waals surface area contributed by atoms with Gasteiger partial charge in [-0.3, -0.25) is 9.59 Å². The number of carbonyl (C=O) groups excluding carboxylic acids is 2. The van der Waals surface area contributed by atoms with E-state index in [0.717, 1.165) is 31.4 Å². The number of rotatable bonds is 5. The molecule has 3 heteroatoms. The third-order valence-electron chi connectivity index (χ3n) is 5.52. The summed E-state index contributed by atoms with van der Waals surface area (Å²) in [6.45, 7) is 7.59. The minimum atomic E-state index is -1.03. The van der Waals surface area contributed by atoms with Crippen LogP contribution in [0.2, 0.25) is 0 Å². The van der Waals surface area contributed by atoms with Crippen LogP contribution in [0.4, 0.5) is 5.69 Å². The summed E-state index contributed by atoms with van der Waals surface area (Å²) < 4.78 is 0. The lowest BCUT2D eigenvalue weighted by Crippen LogP contribution is -2.63. The number of amides is 1. The molecular formula is C21H25NO2.